The monoisotopic (exact) mass is 294 g/mol. The van der Waals surface area contributed by atoms with Gasteiger partial charge in [0, 0.05) is 32.2 Å². The van der Waals surface area contributed by atoms with E-state index in [4.69, 9.17) is 15.2 Å². The minimum Gasteiger partial charge on any atom is -0.464 e. The van der Waals surface area contributed by atoms with Crippen molar-refractivity contribution in [3.8, 4) is 6.01 Å². The highest BCUT2D eigenvalue weighted by molar-refractivity contribution is 5.37. The molecule has 0 aliphatic carbocycles. The van der Waals surface area contributed by atoms with Crippen LogP contribution in [0.3, 0.4) is 0 Å². The van der Waals surface area contributed by atoms with Gasteiger partial charge in [0.25, 0.3) is 0 Å². The Kier molecular flexibility index (Phi) is 4.35. The van der Waals surface area contributed by atoms with Crippen molar-refractivity contribution in [1.29, 1.82) is 0 Å². The second-order valence-electron chi connectivity index (χ2n) is 5.25. The van der Waals surface area contributed by atoms with Gasteiger partial charge >= 0.3 is 6.01 Å². The Morgan fingerprint density at radius 1 is 1.24 bits per heavy atom. The molecule has 0 aromatic carbocycles. The lowest BCUT2D eigenvalue weighted by Crippen LogP contribution is -2.44. The van der Waals surface area contributed by atoms with Crippen LogP contribution in [0.25, 0.3) is 0 Å². The van der Waals surface area contributed by atoms with Crippen LogP contribution in [0.2, 0.25) is 0 Å². The van der Waals surface area contributed by atoms with Crippen LogP contribution < -0.4 is 15.4 Å². The number of nitrogens with zero attached hydrogens (tertiary/aromatic N) is 5. The van der Waals surface area contributed by atoms with Crippen molar-refractivity contribution in [2.24, 2.45) is 0 Å². The summed E-state index contributed by atoms with van der Waals surface area (Å²) < 4.78 is 10.7. The van der Waals surface area contributed by atoms with Gasteiger partial charge in [-0.25, -0.2) is 0 Å². The van der Waals surface area contributed by atoms with E-state index in [1.165, 1.54) is 0 Å². The van der Waals surface area contributed by atoms with Gasteiger partial charge in [-0.2, -0.15) is 15.0 Å². The zero-order valence-corrected chi connectivity index (χ0v) is 12.4. The second kappa shape index (κ2) is 6.40. The number of morpholine rings is 1. The smallest absolute Gasteiger partial charge is 0.323 e. The van der Waals surface area contributed by atoms with Crippen molar-refractivity contribution in [2.45, 2.75) is 19.4 Å². The van der Waals surface area contributed by atoms with Crippen LogP contribution in [-0.4, -0.2) is 71.9 Å². The molecule has 8 nitrogen and oxygen atoms in total. The molecule has 2 N–H and O–H groups in total. The van der Waals surface area contributed by atoms with Gasteiger partial charge in [0.15, 0.2) is 0 Å². The average Bonchev–Trinajstić information content (AvgIpc) is 2.98. The summed E-state index contributed by atoms with van der Waals surface area (Å²) in [5.41, 5.74) is 5.74. The molecule has 0 saturated carbocycles. The molecule has 2 saturated heterocycles. The summed E-state index contributed by atoms with van der Waals surface area (Å²) in [5, 5.41) is 0. The van der Waals surface area contributed by atoms with Gasteiger partial charge in [0.2, 0.25) is 11.9 Å². The fourth-order valence-electron chi connectivity index (χ4n) is 2.86. The largest absolute Gasteiger partial charge is 0.464 e. The molecule has 2 fully saturated rings. The summed E-state index contributed by atoms with van der Waals surface area (Å²) in [4.78, 5) is 17.2. The van der Waals surface area contributed by atoms with Crippen molar-refractivity contribution in [3.05, 3.63) is 0 Å². The number of hydrogen-bond donors (Lipinski definition) is 1. The van der Waals surface area contributed by atoms with Crippen LogP contribution >= 0.6 is 0 Å². The number of nitrogens with two attached hydrogens (primary N) is 1. The summed E-state index contributed by atoms with van der Waals surface area (Å²) in [6.07, 6.45) is 1.11. The Hall–Kier alpha value is -1.67. The van der Waals surface area contributed by atoms with E-state index < -0.39 is 0 Å². The molecule has 1 aromatic rings. The summed E-state index contributed by atoms with van der Waals surface area (Å²) >= 11 is 0. The standard InChI is InChI=1S/C13H22N6O2/c1-2-21-13-16-11(14)15-12(17-13)19-4-3-10(9-19)18-5-7-20-8-6-18/h10H,2-9H2,1H3,(H2,14,15,16,17). The molecule has 0 bridgehead atoms. The highest BCUT2D eigenvalue weighted by Crippen LogP contribution is 2.22. The molecule has 2 aliphatic rings. The van der Waals surface area contributed by atoms with E-state index >= 15 is 0 Å². The first-order valence-electron chi connectivity index (χ1n) is 7.47. The molecule has 116 valence electrons. The summed E-state index contributed by atoms with van der Waals surface area (Å²) in [7, 11) is 0. The first kappa shape index (κ1) is 14.3. The van der Waals surface area contributed by atoms with Gasteiger partial charge in [0.05, 0.1) is 19.8 Å². The van der Waals surface area contributed by atoms with Gasteiger partial charge in [-0.3, -0.25) is 4.90 Å². The third-order valence-corrected chi connectivity index (χ3v) is 3.90. The summed E-state index contributed by atoms with van der Waals surface area (Å²) in [6, 6.07) is 0.831. The molecule has 3 heterocycles. The predicted molar refractivity (Wildman–Crippen MR) is 78.4 cm³/mol. The van der Waals surface area contributed by atoms with Crippen molar-refractivity contribution < 1.29 is 9.47 Å². The first-order chi connectivity index (χ1) is 10.3. The highest BCUT2D eigenvalue weighted by Gasteiger charge is 2.30. The number of ether oxygens (including phenoxy) is 2. The number of anilines is 2. The molecule has 1 atom stereocenters. The summed E-state index contributed by atoms with van der Waals surface area (Å²) in [6.45, 7) is 7.90. The fraction of sp³-hybridized carbons (Fsp3) is 0.769. The van der Waals surface area contributed by atoms with Gasteiger partial charge in [-0.05, 0) is 13.3 Å². The maximum absolute atomic E-state index is 5.74. The molecular formula is C13H22N6O2. The van der Waals surface area contributed by atoms with Crippen LogP contribution in [0, 0.1) is 0 Å². The van der Waals surface area contributed by atoms with Crippen LogP contribution in [0.15, 0.2) is 0 Å². The Morgan fingerprint density at radius 3 is 2.81 bits per heavy atom. The van der Waals surface area contributed by atoms with Gasteiger partial charge in [-0.15, -0.1) is 0 Å². The van der Waals surface area contributed by atoms with Crippen LogP contribution in [0.5, 0.6) is 6.01 Å². The fourth-order valence-corrected chi connectivity index (χ4v) is 2.86. The van der Waals surface area contributed by atoms with Gasteiger partial charge < -0.3 is 20.1 Å². The van der Waals surface area contributed by atoms with Crippen molar-refractivity contribution in [2.75, 3.05) is 56.6 Å². The van der Waals surface area contributed by atoms with E-state index in [-0.39, 0.29) is 5.95 Å². The third kappa shape index (κ3) is 3.33. The molecule has 1 aromatic heterocycles. The van der Waals surface area contributed by atoms with Gasteiger partial charge in [0.1, 0.15) is 0 Å². The predicted octanol–water partition coefficient (Wildman–Crippen LogP) is -0.237. The van der Waals surface area contributed by atoms with E-state index in [1.54, 1.807) is 0 Å². The number of rotatable bonds is 4. The normalized spacial score (nSPS) is 23.5. The number of nitrogen functional groups attached to an aromatic ring is 1. The quantitative estimate of drug-likeness (QED) is 0.814. The lowest BCUT2D eigenvalue weighted by Gasteiger charge is -2.32. The maximum Gasteiger partial charge on any atom is 0.323 e. The van der Waals surface area contributed by atoms with E-state index in [2.05, 4.69) is 24.8 Å². The molecule has 0 radical (unpaired) electrons. The Morgan fingerprint density at radius 2 is 2.05 bits per heavy atom. The molecule has 1 unspecified atom stereocenters. The topological polar surface area (TPSA) is 89.6 Å². The maximum atomic E-state index is 5.74. The van der Waals surface area contributed by atoms with E-state index in [0.29, 0.717) is 24.6 Å². The molecule has 21 heavy (non-hydrogen) atoms. The molecule has 2 aliphatic heterocycles. The van der Waals surface area contributed by atoms with E-state index in [1.807, 2.05) is 6.92 Å². The Labute approximate surface area is 124 Å². The van der Waals surface area contributed by atoms with Crippen LogP contribution in [-0.2, 0) is 4.74 Å². The SMILES string of the molecule is CCOc1nc(N)nc(N2CCC(N3CCOCC3)C2)n1. The van der Waals surface area contributed by atoms with Crippen LogP contribution in [0.4, 0.5) is 11.9 Å². The number of hydrogen-bond acceptors (Lipinski definition) is 8. The van der Waals surface area contributed by atoms with E-state index in [0.717, 1.165) is 45.8 Å². The molecule has 0 spiro atoms. The van der Waals surface area contributed by atoms with Crippen molar-refractivity contribution >= 4 is 11.9 Å². The second-order valence-corrected chi connectivity index (χ2v) is 5.25. The lowest BCUT2D eigenvalue weighted by atomic mass is 10.2. The third-order valence-electron chi connectivity index (χ3n) is 3.90. The molecule has 3 rings (SSSR count). The minimum absolute atomic E-state index is 0.207. The molecule has 0 amide bonds. The lowest BCUT2D eigenvalue weighted by molar-refractivity contribution is 0.0209. The Balaban J connectivity index is 1.67. The molecule has 8 heteroatoms. The van der Waals surface area contributed by atoms with Crippen molar-refractivity contribution in [3.63, 3.8) is 0 Å². The Bertz CT molecular complexity index is 480. The number of aromatic nitrogens is 3. The first-order valence-corrected chi connectivity index (χ1v) is 7.47. The van der Waals surface area contributed by atoms with Crippen LogP contribution in [0.1, 0.15) is 13.3 Å². The summed E-state index contributed by atoms with van der Waals surface area (Å²) in [5.74, 6) is 0.819. The zero-order valence-electron chi connectivity index (χ0n) is 12.4. The highest BCUT2D eigenvalue weighted by atomic mass is 16.5. The minimum atomic E-state index is 0.207. The zero-order chi connectivity index (χ0) is 14.7. The van der Waals surface area contributed by atoms with Crippen molar-refractivity contribution in [1.82, 2.24) is 19.9 Å². The molecular weight excluding hydrogens is 272 g/mol. The van der Waals surface area contributed by atoms with Gasteiger partial charge in [-0.1, -0.05) is 0 Å². The average molecular weight is 294 g/mol. The van der Waals surface area contributed by atoms with E-state index in [9.17, 15) is 0 Å².